The van der Waals surface area contributed by atoms with Gasteiger partial charge in [-0.1, -0.05) is 28.9 Å². The molecule has 1 unspecified atom stereocenters. The molecule has 0 saturated carbocycles. The molecule has 1 aromatic heterocycles. The van der Waals surface area contributed by atoms with E-state index in [0.29, 0.717) is 30.4 Å². The number of carbonyl (C=O) groups is 1. The van der Waals surface area contributed by atoms with E-state index < -0.39 is 0 Å². The summed E-state index contributed by atoms with van der Waals surface area (Å²) in [6.45, 7) is 3.61. The molecule has 1 fully saturated rings. The largest absolute Gasteiger partial charge is 0.375 e. The molecule has 1 aliphatic heterocycles. The summed E-state index contributed by atoms with van der Waals surface area (Å²) in [6, 6.07) is 8.91. The molecule has 110 valence electrons. The molecule has 1 amide bonds. The van der Waals surface area contributed by atoms with Gasteiger partial charge in [-0.15, -0.1) is 0 Å². The Bertz CT molecular complexity index is 656. The second kappa shape index (κ2) is 5.87. The number of morpholine rings is 1. The van der Waals surface area contributed by atoms with Gasteiger partial charge in [-0.05, 0) is 19.1 Å². The van der Waals surface area contributed by atoms with Crippen molar-refractivity contribution in [2.45, 2.75) is 13.0 Å². The fraction of sp³-hybridized carbons (Fsp3) is 0.333. The van der Waals surface area contributed by atoms with Crippen LogP contribution in [0.4, 0.5) is 0 Å². The number of ether oxygens (including phenoxy) is 1. The van der Waals surface area contributed by atoms with E-state index >= 15 is 0 Å². The van der Waals surface area contributed by atoms with Gasteiger partial charge in [0.25, 0.3) is 5.91 Å². The van der Waals surface area contributed by atoms with E-state index in [2.05, 4.69) is 5.16 Å². The predicted octanol–water partition coefficient (Wildman–Crippen LogP) is 2.86. The summed E-state index contributed by atoms with van der Waals surface area (Å²) in [5.41, 5.74) is 1.42. The first kappa shape index (κ1) is 14.1. The Kier molecular flexibility index (Phi) is 3.94. The number of aromatic nitrogens is 1. The third-order valence-electron chi connectivity index (χ3n) is 3.37. The molecule has 3 rings (SSSR count). The monoisotopic (exact) mass is 306 g/mol. The molecule has 1 aliphatic rings. The molecule has 21 heavy (non-hydrogen) atoms. The molecule has 0 radical (unpaired) electrons. The third kappa shape index (κ3) is 3.09. The van der Waals surface area contributed by atoms with E-state index in [1.165, 1.54) is 0 Å². The zero-order chi connectivity index (χ0) is 14.8. The minimum Gasteiger partial charge on any atom is -0.375 e. The van der Waals surface area contributed by atoms with Gasteiger partial charge < -0.3 is 14.2 Å². The van der Waals surface area contributed by atoms with E-state index in [4.69, 9.17) is 20.9 Å². The quantitative estimate of drug-likeness (QED) is 0.856. The lowest BCUT2D eigenvalue weighted by Crippen LogP contribution is -2.44. The second-order valence-corrected chi connectivity index (χ2v) is 5.46. The van der Waals surface area contributed by atoms with E-state index in [1.54, 1.807) is 23.1 Å². The van der Waals surface area contributed by atoms with Crippen molar-refractivity contribution in [3.63, 3.8) is 0 Å². The summed E-state index contributed by atoms with van der Waals surface area (Å²) in [7, 11) is 0. The number of hydrogen-bond acceptors (Lipinski definition) is 4. The third-order valence-corrected chi connectivity index (χ3v) is 3.60. The van der Waals surface area contributed by atoms with Crippen LogP contribution in [-0.4, -0.2) is 41.8 Å². The molecular weight excluding hydrogens is 292 g/mol. The van der Waals surface area contributed by atoms with Crippen molar-refractivity contribution in [2.24, 2.45) is 0 Å². The van der Waals surface area contributed by atoms with Crippen LogP contribution >= 0.6 is 11.6 Å². The molecule has 0 spiro atoms. The average molecular weight is 307 g/mol. The van der Waals surface area contributed by atoms with E-state index in [0.717, 1.165) is 5.56 Å². The maximum Gasteiger partial charge on any atom is 0.292 e. The highest BCUT2D eigenvalue weighted by Gasteiger charge is 2.25. The first-order valence-corrected chi connectivity index (χ1v) is 7.15. The van der Waals surface area contributed by atoms with E-state index in [1.807, 2.05) is 19.1 Å². The fourth-order valence-corrected chi connectivity index (χ4v) is 2.51. The molecule has 1 saturated heterocycles. The lowest BCUT2D eigenvalue weighted by Gasteiger charge is -2.30. The van der Waals surface area contributed by atoms with Gasteiger partial charge in [0.15, 0.2) is 0 Å². The summed E-state index contributed by atoms with van der Waals surface area (Å²) < 4.78 is 10.6. The van der Waals surface area contributed by atoms with Gasteiger partial charge in [-0.3, -0.25) is 4.79 Å². The fourth-order valence-electron chi connectivity index (χ4n) is 2.32. The Morgan fingerprint density at radius 2 is 2.29 bits per heavy atom. The van der Waals surface area contributed by atoms with Gasteiger partial charge >= 0.3 is 0 Å². The van der Waals surface area contributed by atoms with Crippen LogP contribution in [0.3, 0.4) is 0 Å². The Morgan fingerprint density at radius 3 is 3.05 bits per heavy atom. The number of nitrogens with zero attached hydrogens (tertiary/aromatic N) is 2. The van der Waals surface area contributed by atoms with Crippen molar-refractivity contribution in [1.29, 1.82) is 0 Å². The number of carbonyl (C=O) groups excluding carboxylic acids is 1. The first-order valence-electron chi connectivity index (χ1n) is 6.77. The maximum absolute atomic E-state index is 12.4. The minimum absolute atomic E-state index is 0.0398. The molecule has 0 aliphatic carbocycles. The molecule has 1 aromatic carbocycles. The van der Waals surface area contributed by atoms with Crippen LogP contribution in [0, 0.1) is 0 Å². The van der Waals surface area contributed by atoms with Gasteiger partial charge in [-0.2, -0.15) is 0 Å². The number of amides is 1. The Balaban J connectivity index is 1.80. The van der Waals surface area contributed by atoms with Crippen molar-refractivity contribution in [3.8, 4) is 11.3 Å². The predicted molar refractivity (Wildman–Crippen MR) is 78.3 cm³/mol. The maximum atomic E-state index is 12.4. The number of halogens is 1. The van der Waals surface area contributed by atoms with Crippen molar-refractivity contribution < 1.29 is 14.1 Å². The molecule has 5 nitrogen and oxygen atoms in total. The Morgan fingerprint density at radius 1 is 1.43 bits per heavy atom. The molecule has 0 N–H and O–H groups in total. The Hall–Kier alpha value is -1.85. The molecule has 1 atom stereocenters. The lowest BCUT2D eigenvalue weighted by molar-refractivity contribution is -0.0137. The van der Waals surface area contributed by atoms with Gasteiger partial charge in [0, 0.05) is 29.7 Å². The summed E-state index contributed by atoms with van der Waals surface area (Å²) in [4.78, 5) is 14.1. The van der Waals surface area contributed by atoms with Crippen LogP contribution in [0.15, 0.2) is 34.9 Å². The van der Waals surface area contributed by atoms with Gasteiger partial charge in [-0.25, -0.2) is 0 Å². The summed E-state index contributed by atoms with van der Waals surface area (Å²) in [5, 5.41) is 4.57. The summed E-state index contributed by atoms with van der Waals surface area (Å²) in [5.74, 6) is 0.0741. The van der Waals surface area contributed by atoms with Crippen LogP contribution in [0.25, 0.3) is 11.3 Å². The first-order chi connectivity index (χ1) is 10.1. The minimum atomic E-state index is -0.161. The Labute approximate surface area is 127 Å². The van der Waals surface area contributed by atoms with Crippen LogP contribution in [0.5, 0.6) is 0 Å². The van der Waals surface area contributed by atoms with Gasteiger partial charge in [0.2, 0.25) is 5.76 Å². The van der Waals surface area contributed by atoms with Gasteiger partial charge in [0.1, 0.15) is 5.69 Å². The summed E-state index contributed by atoms with van der Waals surface area (Å²) >= 11 is 5.95. The van der Waals surface area contributed by atoms with E-state index in [-0.39, 0.29) is 17.8 Å². The van der Waals surface area contributed by atoms with Crippen molar-refractivity contribution in [2.75, 3.05) is 19.7 Å². The smallest absolute Gasteiger partial charge is 0.292 e. The van der Waals surface area contributed by atoms with Crippen LogP contribution in [-0.2, 0) is 4.74 Å². The second-order valence-electron chi connectivity index (χ2n) is 5.02. The topological polar surface area (TPSA) is 55.6 Å². The SMILES string of the molecule is CC1CN(C(=O)c2cc(-c3cccc(Cl)c3)no2)CCO1. The highest BCUT2D eigenvalue weighted by Crippen LogP contribution is 2.23. The molecular formula is C15H15ClN2O3. The number of rotatable bonds is 2. The average Bonchev–Trinajstić information content (AvgIpc) is 2.96. The molecule has 6 heteroatoms. The van der Waals surface area contributed by atoms with Gasteiger partial charge in [0.05, 0.1) is 12.7 Å². The molecule has 2 heterocycles. The number of benzene rings is 1. The van der Waals surface area contributed by atoms with Crippen molar-refractivity contribution in [3.05, 3.63) is 41.1 Å². The van der Waals surface area contributed by atoms with E-state index in [9.17, 15) is 4.79 Å². The highest BCUT2D eigenvalue weighted by molar-refractivity contribution is 6.30. The van der Waals surface area contributed by atoms with Crippen molar-refractivity contribution >= 4 is 17.5 Å². The van der Waals surface area contributed by atoms with Crippen LogP contribution in [0.2, 0.25) is 5.02 Å². The van der Waals surface area contributed by atoms with Crippen LogP contribution in [0.1, 0.15) is 17.5 Å². The normalized spacial score (nSPS) is 18.8. The van der Waals surface area contributed by atoms with Crippen molar-refractivity contribution in [1.82, 2.24) is 10.1 Å². The molecule has 0 bridgehead atoms. The standard InChI is InChI=1S/C15H15ClN2O3/c1-10-9-18(5-6-20-10)15(19)14-8-13(17-21-14)11-3-2-4-12(16)7-11/h2-4,7-8,10H,5-6,9H2,1H3. The number of hydrogen-bond donors (Lipinski definition) is 0. The molecule has 2 aromatic rings. The zero-order valence-corrected chi connectivity index (χ0v) is 12.3. The van der Waals surface area contributed by atoms with Crippen LogP contribution < -0.4 is 0 Å². The zero-order valence-electron chi connectivity index (χ0n) is 11.6. The summed E-state index contributed by atoms with van der Waals surface area (Å²) in [6.07, 6.45) is 0.0398. The highest BCUT2D eigenvalue weighted by atomic mass is 35.5. The lowest BCUT2D eigenvalue weighted by atomic mass is 10.1.